The first kappa shape index (κ1) is 21.6. The summed E-state index contributed by atoms with van der Waals surface area (Å²) in [7, 11) is 0. The summed E-state index contributed by atoms with van der Waals surface area (Å²) in [6, 6.07) is 22.3. The number of benzene rings is 2. The summed E-state index contributed by atoms with van der Waals surface area (Å²) >= 11 is 1.51. The van der Waals surface area contributed by atoms with Crippen molar-refractivity contribution in [3.8, 4) is 0 Å². The maximum atomic E-state index is 13.6. The average Bonchev–Trinajstić information content (AvgIpc) is 3.44. The van der Waals surface area contributed by atoms with E-state index in [1.807, 2.05) is 54.8 Å². The van der Waals surface area contributed by atoms with E-state index in [-0.39, 0.29) is 11.8 Å². The molecule has 0 N–H and O–H groups in total. The smallest absolute Gasteiger partial charge is 0.278 e. The quantitative estimate of drug-likeness (QED) is 0.522. The predicted octanol–water partition coefficient (Wildman–Crippen LogP) is 4.15. The van der Waals surface area contributed by atoms with Gasteiger partial charge < -0.3 is 4.90 Å². The van der Waals surface area contributed by atoms with E-state index in [1.165, 1.54) is 21.8 Å². The minimum absolute atomic E-state index is 0.180. The Hall–Kier alpha value is -3.22. The van der Waals surface area contributed by atoms with E-state index in [4.69, 9.17) is 0 Å². The first-order valence-corrected chi connectivity index (χ1v) is 12.2. The summed E-state index contributed by atoms with van der Waals surface area (Å²) in [5, 5.41) is 1.96. The molecule has 3 heterocycles. The third kappa shape index (κ3) is 4.49. The molecule has 6 heteroatoms. The van der Waals surface area contributed by atoms with Gasteiger partial charge in [-0.25, -0.2) is 0 Å². The fourth-order valence-corrected chi connectivity index (χ4v) is 5.25. The van der Waals surface area contributed by atoms with Gasteiger partial charge in [-0.05, 0) is 29.5 Å². The molecular weight excluding hydrogens is 430 g/mol. The van der Waals surface area contributed by atoms with Gasteiger partial charge in [-0.2, -0.15) is 0 Å². The number of carbonyl (C=O) groups excluding carboxylic acids is 2. The molecule has 0 bridgehead atoms. The average molecular weight is 458 g/mol. The highest BCUT2D eigenvalue weighted by atomic mass is 32.1. The molecule has 0 atom stereocenters. The number of piperazine rings is 1. The largest absolute Gasteiger partial charge is 0.364 e. The van der Waals surface area contributed by atoms with Gasteiger partial charge in [-0.3, -0.25) is 19.4 Å². The van der Waals surface area contributed by atoms with E-state index in [2.05, 4.69) is 34.1 Å². The Labute approximate surface area is 198 Å². The van der Waals surface area contributed by atoms with Crippen LogP contribution in [0.25, 0.3) is 5.57 Å². The molecular formula is C27H27N3O2S. The normalized spacial score (nSPS) is 17.4. The maximum Gasteiger partial charge on any atom is 0.278 e. The number of amides is 2. The zero-order valence-electron chi connectivity index (χ0n) is 18.7. The Kier molecular flexibility index (Phi) is 6.11. The SMILES string of the molecule is Cc1ccc(CN2C(=O)C(c3cccs3)=C(N3CCN(Cc4ccccc4)CC3)C2=O)cc1. The topological polar surface area (TPSA) is 43.9 Å². The summed E-state index contributed by atoms with van der Waals surface area (Å²) in [5.41, 5.74) is 4.53. The van der Waals surface area contributed by atoms with Crippen LogP contribution in [-0.2, 0) is 22.7 Å². The Balaban J connectivity index is 1.36. The lowest BCUT2D eigenvalue weighted by Gasteiger charge is -2.36. The van der Waals surface area contributed by atoms with Crippen LogP contribution in [0.3, 0.4) is 0 Å². The molecule has 1 saturated heterocycles. The molecule has 2 aromatic carbocycles. The van der Waals surface area contributed by atoms with E-state index in [9.17, 15) is 9.59 Å². The Morgan fingerprint density at radius 3 is 2.12 bits per heavy atom. The summed E-state index contributed by atoms with van der Waals surface area (Å²) in [5.74, 6) is -0.370. The van der Waals surface area contributed by atoms with Crippen LogP contribution < -0.4 is 0 Å². The number of imide groups is 1. The lowest BCUT2D eigenvalue weighted by Crippen LogP contribution is -2.47. The molecule has 33 heavy (non-hydrogen) atoms. The van der Waals surface area contributed by atoms with Crippen LogP contribution in [0.5, 0.6) is 0 Å². The van der Waals surface area contributed by atoms with Gasteiger partial charge >= 0.3 is 0 Å². The zero-order valence-corrected chi connectivity index (χ0v) is 19.6. The number of rotatable bonds is 6. The molecule has 0 unspecified atom stereocenters. The van der Waals surface area contributed by atoms with Crippen molar-refractivity contribution in [2.45, 2.75) is 20.0 Å². The van der Waals surface area contributed by atoms with E-state index >= 15 is 0 Å². The van der Waals surface area contributed by atoms with Crippen LogP contribution in [-0.4, -0.2) is 52.7 Å². The molecule has 168 valence electrons. The van der Waals surface area contributed by atoms with Crippen LogP contribution in [0.1, 0.15) is 21.6 Å². The summed E-state index contributed by atoms with van der Waals surface area (Å²) < 4.78 is 0. The minimum atomic E-state index is -0.190. The van der Waals surface area contributed by atoms with E-state index in [0.717, 1.165) is 48.7 Å². The standard InChI is InChI=1S/C27H27N3O2S/c1-20-9-11-22(12-10-20)19-30-26(31)24(23-8-5-17-33-23)25(27(30)32)29-15-13-28(14-16-29)18-21-6-3-2-4-7-21/h2-12,17H,13-16,18-19H2,1H3. The fourth-order valence-electron chi connectivity index (χ4n) is 4.49. The number of thiophene rings is 1. The van der Waals surface area contributed by atoms with E-state index in [0.29, 0.717) is 17.8 Å². The van der Waals surface area contributed by atoms with Gasteiger partial charge in [0.1, 0.15) is 5.70 Å². The lowest BCUT2D eigenvalue weighted by atomic mass is 10.1. The molecule has 1 aromatic heterocycles. The highest BCUT2D eigenvalue weighted by molar-refractivity contribution is 7.11. The molecule has 0 saturated carbocycles. The number of hydrogen-bond donors (Lipinski definition) is 0. The highest BCUT2D eigenvalue weighted by Crippen LogP contribution is 2.35. The molecule has 3 aromatic rings. The zero-order chi connectivity index (χ0) is 22.8. The Bertz CT molecular complexity index is 1160. The monoisotopic (exact) mass is 457 g/mol. The first-order chi connectivity index (χ1) is 16.1. The molecule has 0 radical (unpaired) electrons. The van der Waals surface area contributed by atoms with Crippen molar-refractivity contribution in [3.05, 3.63) is 99.4 Å². The van der Waals surface area contributed by atoms with Crippen molar-refractivity contribution < 1.29 is 9.59 Å². The summed E-state index contributed by atoms with van der Waals surface area (Å²) in [6.45, 7) is 6.40. The van der Waals surface area contributed by atoms with Gasteiger partial charge in [0.05, 0.1) is 12.1 Å². The predicted molar refractivity (Wildman–Crippen MR) is 131 cm³/mol. The van der Waals surface area contributed by atoms with Crippen LogP contribution >= 0.6 is 11.3 Å². The van der Waals surface area contributed by atoms with Crippen molar-refractivity contribution >= 4 is 28.7 Å². The third-order valence-corrected chi connectivity index (χ3v) is 7.20. The van der Waals surface area contributed by atoms with Crippen molar-refractivity contribution in [2.24, 2.45) is 0 Å². The number of hydrogen-bond acceptors (Lipinski definition) is 5. The second kappa shape index (κ2) is 9.33. The lowest BCUT2D eigenvalue weighted by molar-refractivity contribution is -0.138. The fraction of sp³-hybridized carbons (Fsp3) is 0.259. The van der Waals surface area contributed by atoms with E-state index in [1.54, 1.807) is 0 Å². The van der Waals surface area contributed by atoms with Crippen LogP contribution in [0.4, 0.5) is 0 Å². The van der Waals surface area contributed by atoms with Crippen molar-refractivity contribution in [2.75, 3.05) is 26.2 Å². The van der Waals surface area contributed by atoms with Gasteiger partial charge in [0.2, 0.25) is 0 Å². The second-order valence-corrected chi connectivity index (χ2v) is 9.58. The van der Waals surface area contributed by atoms with Crippen LogP contribution in [0.2, 0.25) is 0 Å². The van der Waals surface area contributed by atoms with Gasteiger partial charge in [-0.15, -0.1) is 11.3 Å². The molecule has 2 amide bonds. The summed E-state index contributed by atoms with van der Waals surface area (Å²) in [4.78, 5) is 33.8. The highest BCUT2D eigenvalue weighted by Gasteiger charge is 2.42. The molecule has 0 aliphatic carbocycles. The molecule has 2 aliphatic rings. The Morgan fingerprint density at radius 1 is 0.758 bits per heavy atom. The van der Waals surface area contributed by atoms with Gasteiger partial charge in [0.15, 0.2) is 0 Å². The molecule has 0 spiro atoms. The van der Waals surface area contributed by atoms with Crippen molar-refractivity contribution in [3.63, 3.8) is 0 Å². The summed E-state index contributed by atoms with van der Waals surface area (Å²) in [6.07, 6.45) is 0. The molecule has 1 fully saturated rings. The van der Waals surface area contributed by atoms with Gasteiger partial charge in [0, 0.05) is 37.6 Å². The van der Waals surface area contributed by atoms with Gasteiger partial charge in [-0.1, -0.05) is 66.2 Å². The number of aryl methyl sites for hydroxylation is 1. The maximum absolute atomic E-state index is 13.6. The van der Waals surface area contributed by atoms with Crippen molar-refractivity contribution in [1.82, 2.24) is 14.7 Å². The first-order valence-electron chi connectivity index (χ1n) is 11.3. The van der Waals surface area contributed by atoms with E-state index < -0.39 is 0 Å². The van der Waals surface area contributed by atoms with Crippen molar-refractivity contribution in [1.29, 1.82) is 0 Å². The molecule has 5 nitrogen and oxygen atoms in total. The third-order valence-electron chi connectivity index (χ3n) is 6.31. The van der Waals surface area contributed by atoms with Crippen LogP contribution in [0, 0.1) is 6.92 Å². The Morgan fingerprint density at radius 2 is 1.45 bits per heavy atom. The number of nitrogens with zero attached hydrogens (tertiary/aromatic N) is 3. The second-order valence-electron chi connectivity index (χ2n) is 8.63. The number of carbonyl (C=O) groups is 2. The minimum Gasteiger partial charge on any atom is -0.364 e. The molecule has 2 aliphatic heterocycles. The molecule has 5 rings (SSSR count). The van der Waals surface area contributed by atoms with Gasteiger partial charge in [0.25, 0.3) is 11.8 Å². The van der Waals surface area contributed by atoms with Crippen LogP contribution in [0.15, 0.2) is 77.8 Å².